The highest BCUT2D eigenvalue weighted by atomic mass is 35.5. The van der Waals surface area contributed by atoms with E-state index in [0.29, 0.717) is 6.04 Å². The minimum atomic E-state index is 0.638. The third-order valence-electron chi connectivity index (χ3n) is 3.24. The maximum Gasteiger partial charge on any atom is 0.0455 e. The van der Waals surface area contributed by atoms with Crippen LogP contribution < -0.4 is 5.32 Å². The number of aryl methyl sites for hydroxylation is 1. The number of rotatable bonds is 2. The van der Waals surface area contributed by atoms with Gasteiger partial charge in [0.2, 0.25) is 0 Å². The van der Waals surface area contributed by atoms with E-state index in [1.165, 1.54) is 19.3 Å². The van der Waals surface area contributed by atoms with Crippen molar-refractivity contribution in [2.24, 2.45) is 5.92 Å². The van der Waals surface area contributed by atoms with Crippen molar-refractivity contribution in [3.8, 4) is 0 Å². The molecule has 0 heterocycles. The number of anilines is 1. The molecule has 2 heteroatoms. The predicted molar refractivity (Wildman–Crippen MR) is 66.6 cm³/mol. The number of hydrogen-bond donors (Lipinski definition) is 1. The molecule has 1 saturated carbocycles. The molecular weight excluding hydrogens is 206 g/mol. The van der Waals surface area contributed by atoms with E-state index in [9.17, 15) is 0 Å². The Balaban J connectivity index is 2.02. The SMILES string of the molecule is Cc1ccc(NC2CCC(C)C2)cc1Cl. The first-order valence-electron chi connectivity index (χ1n) is 5.68. The lowest BCUT2D eigenvalue weighted by Gasteiger charge is -2.14. The summed E-state index contributed by atoms with van der Waals surface area (Å²) < 4.78 is 0. The highest BCUT2D eigenvalue weighted by molar-refractivity contribution is 6.31. The van der Waals surface area contributed by atoms with Crippen molar-refractivity contribution in [3.05, 3.63) is 28.8 Å². The van der Waals surface area contributed by atoms with Crippen molar-refractivity contribution in [2.75, 3.05) is 5.32 Å². The van der Waals surface area contributed by atoms with E-state index in [-0.39, 0.29) is 0 Å². The number of hydrogen-bond acceptors (Lipinski definition) is 1. The molecule has 1 fully saturated rings. The van der Waals surface area contributed by atoms with Crippen LogP contribution in [0.1, 0.15) is 31.7 Å². The summed E-state index contributed by atoms with van der Waals surface area (Å²) in [5.74, 6) is 0.864. The number of halogens is 1. The van der Waals surface area contributed by atoms with Crippen LogP contribution in [0.25, 0.3) is 0 Å². The van der Waals surface area contributed by atoms with Crippen molar-refractivity contribution < 1.29 is 0 Å². The van der Waals surface area contributed by atoms with Crippen LogP contribution in [0, 0.1) is 12.8 Å². The first-order chi connectivity index (χ1) is 7.15. The molecule has 0 saturated heterocycles. The Kier molecular flexibility index (Phi) is 3.20. The lowest BCUT2D eigenvalue weighted by molar-refractivity contribution is 0.602. The van der Waals surface area contributed by atoms with Crippen molar-refractivity contribution in [1.82, 2.24) is 0 Å². The highest BCUT2D eigenvalue weighted by Crippen LogP contribution is 2.28. The Morgan fingerprint density at radius 2 is 2.13 bits per heavy atom. The number of nitrogens with one attached hydrogen (secondary N) is 1. The molecule has 1 aromatic rings. The zero-order valence-electron chi connectivity index (χ0n) is 9.39. The fraction of sp³-hybridized carbons (Fsp3) is 0.538. The van der Waals surface area contributed by atoms with Gasteiger partial charge in [-0.2, -0.15) is 0 Å². The molecule has 0 radical (unpaired) electrons. The quantitative estimate of drug-likeness (QED) is 0.791. The molecule has 0 bridgehead atoms. The summed E-state index contributed by atoms with van der Waals surface area (Å²) in [7, 11) is 0. The third-order valence-corrected chi connectivity index (χ3v) is 3.64. The highest BCUT2D eigenvalue weighted by Gasteiger charge is 2.20. The lowest BCUT2D eigenvalue weighted by Crippen LogP contribution is -2.15. The third kappa shape index (κ3) is 2.66. The summed E-state index contributed by atoms with van der Waals surface area (Å²) in [4.78, 5) is 0. The molecule has 82 valence electrons. The average molecular weight is 224 g/mol. The monoisotopic (exact) mass is 223 g/mol. The van der Waals surface area contributed by atoms with Crippen molar-refractivity contribution in [3.63, 3.8) is 0 Å². The zero-order valence-corrected chi connectivity index (χ0v) is 10.1. The van der Waals surface area contributed by atoms with Crippen molar-refractivity contribution >= 4 is 17.3 Å². The molecule has 0 aliphatic heterocycles. The van der Waals surface area contributed by atoms with Gasteiger partial charge in [-0.05, 0) is 49.8 Å². The normalized spacial score (nSPS) is 25.5. The molecule has 2 atom stereocenters. The van der Waals surface area contributed by atoms with Crippen LogP contribution in [0.5, 0.6) is 0 Å². The van der Waals surface area contributed by atoms with Gasteiger partial charge in [0.1, 0.15) is 0 Å². The van der Waals surface area contributed by atoms with Crippen LogP contribution in [0.2, 0.25) is 5.02 Å². The van der Waals surface area contributed by atoms with Crippen LogP contribution in [-0.2, 0) is 0 Å². The van der Waals surface area contributed by atoms with E-state index in [4.69, 9.17) is 11.6 Å². The molecule has 2 unspecified atom stereocenters. The molecule has 0 amide bonds. The second-order valence-corrected chi connectivity index (χ2v) is 5.13. The number of benzene rings is 1. The fourth-order valence-electron chi connectivity index (χ4n) is 2.26. The first-order valence-corrected chi connectivity index (χ1v) is 6.05. The Morgan fingerprint density at radius 3 is 2.73 bits per heavy atom. The van der Waals surface area contributed by atoms with Gasteiger partial charge >= 0.3 is 0 Å². The summed E-state index contributed by atoms with van der Waals surface area (Å²) in [6.07, 6.45) is 3.91. The Morgan fingerprint density at radius 1 is 1.33 bits per heavy atom. The topological polar surface area (TPSA) is 12.0 Å². The summed E-state index contributed by atoms with van der Waals surface area (Å²) in [5, 5.41) is 4.41. The van der Waals surface area contributed by atoms with E-state index in [1.807, 2.05) is 13.0 Å². The van der Waals surface area contributed by atoms with Gasteiger partial charge in [0.15, 0.2) is 0 Å². The molecule has 1 nitrogen and oxygen atoms in total. The van der Waals surface area contributed by atoms with Crippen LogP contribution in [-0.4, -0.2) is 6.04 Å². The Hall–Kier alpha value is -0.690. The van der Waals surface area contributed by atoms with Gasteiger partial charge in [0.25, 0.3) is 0 Å². The molecule has 1 N–H and O–H groups in total. The van der Waals surface area contributed by atoms with E-state index in [0.717, 1.165) is 22.2 Å². The molecule has 1 aliphatic carbocycles. The van der Waals surface area contributed by atoms with Crippen molar-refractivity contribution in [2.45, 2.75) is 39.2 Å². The molecule has 0 spiro atoms. The maximum atomic E-state index is 6.09. The molecular formula is C13H18ClN. The molecule has 15 heavy (non-hydrogen) atoms. The van der Waals surface area contributed by atoms with Gasteiger partial charge in [0.05, 0.1) is 0 Å². The minimum absolute atomic E-state index is 0.638. The smallest absolute Gasteiger partial charge is 0.0455 e. The Bertz CT molecular complexity index is 348. The van der Waals surface area contributed by atoms with Gasteiger partial charge in [0, 0.05) is 16.8 Å². The summed E-state index contributed by atoms with van der Waals surface area (Å²) in [6, 6.07) is 6.85. The largest absolute Gasteiger partial charge is 0.382 e. The second-order valence-electron chi connectivity index (χ2n) is 4.72. The average Bonchev–Trinajstić information content (AvgIpc) is 2.58. The lowest BCUT2D eigenvalue weighted by atomic mass is 10.1. The molecule has 1 aromatic carbocycles. The van der Waals surface area contributed by atoms with Gasteiger partial charge in [-0.3, -0.25) is 0 Å². The summed E-state index contributed by atoms with van der Waals surface area (Å²) in [5.41, 5.74) is 2.30. The van der Waals surface area contributed by atoms with Gasteiger partial charge in [-0.1, -0.05) is 24.6 Å². The standard InChI is InChI=1S/C13H18ClN/c1-9-3-5-11(7-9)15-12-6-4-10(2)13(14)8-12/h4,6,8-9,11,15H,3,5,7H2,1-2H3. The van der Waals surface area contributed by atoms with Crippen molar-refractivity contribution in [1.29, 1.82) is 0 Å². The fourth-order valence-corrected chi connectivity index (χ4v) is 2.44. The zero-order chi connectivity index (χ0) is 10.8. The van der Waals surface area contributed by atoms with E-state index in [2.05, 4.69) is 24.4 Å². The van der Waals surface area contributed by atoms with Crippen LogP contribution in [0.4, 0.5) is 5.69 Å². The molecule has 0 aromatic heterocycles. The Labute approximate surface area is 96.8 Å². The predicted octanol–water partition coefficient (Wildman–Crippen LogP) is 4.25. The molecule has 1 aliphatic rings. The molecule has 2 rings (SSSR count). The van der Waals surface area contributed by atoms with Crippen LogP contribution in [0.15, 0.2) is 18.2 Å². The van der Waals surface area contributed by atoms with Crippen LogP contribution >= 0.6 is 11.6 Å². The summed E-state index contributed by atoms with van der Waals surface area (Å²) in [6.45, 7) is 4.35. The van der Waals surface area contributed by atoms with E-state index < -0.39 is 0 Å². The summed E-state index contributed by atoms with van der Waals surface area (Å²) >= 11 is 6.09. The minimum Gasteiger partial charge on any atom is -0.382 e. The van der Waals surface area contributed by atoms with E-state index >= 15 is 0 Å². The van der Waals surface area contributed by atoms with Crippen LogP contribution in [0.3, 0.4) is 0 Å². The second kappa shape index (κ2) is 4.44. The first kappa shape index (κ1) is 10.8. The maximum absolute atomic E-state index is 6.09. The van der Waals surface area contributed by atoms with Gasteiger partial charge in [-0.15, -0.1) is 0 Å². The van der Waals surface area contributed by atoms with Gasteiger partial charge in [-0.25, -0.2) is 0 Å². The van der Waals surface area contributed by atoms with E-state index in [1.54, 1.807) is 0 Å². The van der Waals surface area contributed by atoms with Gasteiger partial charge < -0.3 is 5.32 Å².